The molecule has 5 nitrogen and oxygen atoms in total. The van der Waals surface area contributed by atoms with Crippen molar-refractivity contribution in [3.8, 4) is 5.75 Å². The van der Waals surface area contributed by atoms with Gasteiger partial charge >= 0.3 is 0 Å². The van der Waals surface area contributed by atoms with Gasteiger partial charge in [0.25, 0.3) is 5.69 Å². The minimum atomic E-state index is -0.370. The molecule has 0 radical (unpaired) electrons. The SMILES string of the molecule is Cc1cc(OCC2CCCCC2CN)ccc1[N+](=O)[O-]. The number of ether oxygens (including phenoxy) is 1. The number of rotatable bonds is 5. The number of hydrogen-bond acceptors (Lipinski definition) is 4. The van der Waals surface area contributed by atoms with E-state index in [0.29, 0.717) is 36.3 Å². The lowest BCUT2D eigenvalue weighted by molar-refractivity contribution is -0.385. The Hall–Kier alpha value is -1.62. The highest BCUT2D eigenvalue weighted by atomic mass is 16.6. The summed E-state index contributed by atoms with van der Waals surface area (Å²) < 4.78 is 5.81. The molecular weight excluding hydrogens is 256 g/mol. The smallest absolute Gasteiger partial charge is 0.272 e. The molecule has 0 spiro atoms. The lowest BCUT2D eigenvalue weighted by atomic mass is 9.80. The molecule has 1 aromatic carbocycles. The molecule has 110 valence electrons. The predicted molar refractivity (Wildman–Crippen MR) is 77.8 cm³/mol. The molecule has 1 aliphatic rings. The van der Waals surface area contributed by atoms with E-state index in [1.807, 2.05) is 0 Å². The molecular formula is C15H22N2O3. The summed E-state index contributed by atoms with van der Waals surface area (Å²) in [5.74, 6) is 1.75. The summed E-state index contributed by atoms with van der Waals surface area (Å²) >= 11 is 0. The van der Waals surface area contributed by atoms with Crippen LogP contribution in [0.3, 0.4) is 0 Å². The summed E-state index contributed by atoms with van der Waals surface area (Å²) in [5.41, 5.74) is 6.57. The van der Waals surface area contributed by atoms with E-state index >= 15 is 0 Å². The van der Waals surface area contributed by atoms with E-state index in [-0.39, 0.29) is 10.6 Å². The van der Waals surface area contributed by atoms with Crippen LogP contribution in [-0.2, 0) is 0 Å². The summed E-state index contributed by atoms with van der Waals surface area (Å²) in [7, 11) is 0. The van der Waals surface area contributed by atoms with Gasteiger partial charge in [-0.1, -0.05) is 12.8 Å². The molecule has 0 aromatic heterocycles. The molecule has 1 aromatic rings. The first kappa shape index (κ1) is 14.8. The van der Waals surface area contributed by atoms with Crippen LogP contribution in [0, 0.1) is 28.9 Å². The third-order valence-corrected chi connectivity index (χ3v) is 4.20. The van der Waals surface area contributed by atoms with E-state index in [0.717, 1.165) is 6.42 Å². The van der Waals surface area contributed by atoms with Crippen LogP contribution in [0.2, 0.25) is 0 Å². The average Bonchev–Trinajstić information content (AvgIpc) is 2.45. The summed E-state index contributed by atoms with van der Waals surface area (Å²) in [6.45, 7) is 3.10. The van der Waals surface area contributed by atoms with Gasteiger partial charge in [0.15, 0.2) is 0 Å². The van der Waals surface area contributed by atoms with E-state index in [1.54, 1.807) is 19.1 Å². The molecule has 2 rings (SSSR count). The fourth-order valence-corrected chi connectivity index (χ4v) is 2.94. The average molecular weight is 278 g/mol. The number of hydrogen-bond donors (Lipinski definition) is 1. The van der Waals surface area contributed by atoms with Gasteiger partial charge in [-0.15, -0.1) is 0 Å². The molecule has 2 unspecified atom stereocenters. The molecule has 0 amide bonds. The number of nitrogens with two attached hydrogens (primary N) is 1. The van der Waals surface area contributed by atoms with Gasteiger partial charge in [0, 0.05) is 11.6 Å². The van der Waals surface area contributed by atoms with Crippen molar-refractivity contribution < 1.29 is 9.66 Å². The zero-order valence-electron chi connectivity index (χ0n) is 11.9. The van der Waals surface area contributed by atoms with Crippen molar-refractivity contribution in [3.63, 3.8) is 0 Å². The second kappa shape index (κ2) is 6.70. The Kier molecular flexibility index (Phi) is 4.95. The van der Waals surface area contributed by atoms with Crippen LogP contribution in [-0.4, -0.2) is 18.1 Å². The van der Waals surface area contributed by atoms with E-state index in [1.165, 1.54) is 25.3 Å². The van der Waals surface area contributed by atoms with Crippen molar-refractivity contribution >= 4 is 5.69 Å². The topological polar surface area (TPSA) is 78.4 Å². The van der Waals surface area contributed by atoms with Gasteiger partial charge in [0.2, 0.25) is 0 Å². The van der Waals surface area contributed by atoms with Crippen LogP contribution >= 0.6 is 0 Å². The van der Waals surface area contributed by atoms with Gasteiger partial charge in [0.05, 0.1) is 11.5 Å². The summed E-state index contributed by atoms with van der Waals surface area (Å²) in [5, 5.41) is 10.8. The Morgan fingerprint density at radius 2 is 2.05 bits per heavy atom. The molecule has 5 heteroatoms. The Labute approximate surface area is 119 Å². The fraction of sp³-hybridized carbons (Fsp3) is 0.600. The predicted octanol–water partition coefficient (Wildman–Crippen LogP) is 3.05. The monoisotopic (exact) mass is 278 g/mol. The molecule has 2 N–H and O–H groups in total. The van der Waals surface area contributed by atoms with E-state index in [9.17, 15) is 10.1 Å². The first-order valence-electron chi connectivity index (χ1n) is 7.19. The third-order valence-electron chi connectivity index (χ3n) is 4.20. The number of nitro benzene ring substituents is 1. The number of nitro groups is 1. The van der Waals surface area contributed by atoms with Crippen LogP contribution in [0.15, 0.2) is 18.2 Å². The maximum absolute atomic E-state index is 10.8. The fourth-order valence-electron chi connectivity index (χ4n) is 2.94. The molecule has 0 bridgehead atoms. The van der Waals surface area contributed by atoms with Crippen LogP contribution < -0.4 is 10.5 Å². The van der Waals surface area contributed by atoms with Gasteiger partial charge in [-0.2, -0.15) is 0 Å². The van der Waals surface area contributed by atoms with Crippen LogP contribution in [0.5, 0.6) is 5.75 Å². The highest BCUT2D eigenvalue weighted by Crippen LogP contribution is 2.30. The van der Waals surface area contributed by atoms with Crippen molar-refractivity contribution in [1.29, 1.82) is 0 Å². The van der Waals surface area contributed by atoms with Crippen LogP contribution in [0.1, 0.15) is 31.2 Å². The Bertz CT molecular complexity index is 476. The maximum atomic E-state index is 10.8. The van der Waals surface area contributed by atoms with Gasteiger partial charge < -0.3 is 10.5 Å². The van der Waals surface area contributed by atoms with Gasteiger partial charge in [-0.05, 0) is 50.3 Å². The van der Waals surface area contributed by atoms with Gasteiger partial charge in [-0.3, -0.25) is 10.1 Å². The van der Waals surface area contributed by atoms with Crippen LogP contribution in [0.4, 0.5) is 5.69 Å². The normalized spacial score (nSPS) is 22.5. The number of aryl methyl sites for hydroxylation is 1. The summed E-state index contributed by atoms with van der Waals surface area (Å²) in [4.78, 5) is 10.4. The molecule has 0 heterocycles. The zero-order chi connectivity index (χ0) is 14.5. The molecule has 0 saturated heterocycles. The highest BCUT2D eigenvalue weighted by Gasteiger charge is 2.24. The van der Waals surface area contributed by atoms with Gasteiger partial charge in [0.1, 0.15) is 5.75 Å². The Morgan fingerprint density at radius 1 is 1.35 bits per heavy atom. The molecule has 0 aliphatic heterocycles. The quantitative estimate of drug-likeness (QED) is 0.663. The molecule has 1 fully saturated rings. The molecule has 1 aliphatic carbocycles. The van der Waals surface area contributed by atoms with Crippen molar-refractivity contribution in [2.24, 2.45) is 17.6 Å². The van der Waals surface area contributed by atoms with E-state index in [4.69, 9.17) is 10.5 Å². The second-order valence-electron chi connectivity index (χ2n) is 5.56. The largest absolute Gasteiger partial charge is 0.493 e. The molecule has 1 saturated carbocycles. The Balaban J connectivity index is 1.96. The van der Waals surface area contributed by atoms with E-state index < -0.39 is 0 Å². The van der Waals surface area contributed by atoms with Gasteiger partial charge in [-0.25, -0.2) is 0 Å². The van der Waals surface area contributed by atoms with Crippen molar-refractivity contribution in [1.82, 2.24) is 0 Å². The summed E-state index contributed by atoms with van der Waals surface area (Å²) in [6, 6.07) is 4.91. The minimum Gasteiger partial charge on any atom is -0.493 e. The lowest BCUT2D eigenvalue weighted by Gasteiger charge is -2.30. The standard InChI is InChI=1S/C15H22N2O3/c1-11-8-14(6-7-15(11)17(18)19)20-10-13-5-3-2-4-12(13)9-16/h6-8,12-13H,2-5,9-10,16H2,1H3. The van der Waals surface area contributed by atoms with Crippen LogP contribution in [0.25, 0.3) is 0 Å². The van der Waals surface area contributed by atoms with Crippen molar-refractivity contribution in [3.05, 3.63) is 33.9 Å². The lowest BCUT2D eigenvalue weighted by Crippen LogP contribution is -2.30. The third kappa shape index (κ3) is 3.48. The first-order chi connectivity index (χ1) is 9.61. The second-order valence-corrected chi connectivity index (χ2v) is 5.56. The molecule has 2 atom stereocenters. The molecule has 20 heavy (non-hydrogen) atoms. The highest BCUT2D eigenvalue weighted by molar-refractivity contribution is 5.44. The Morgan fingerprint density at radius 3 is 2.65 bits per heavy atom. The van der Waals surface area contributed by atoms with E-state index in [2.05, 4.69) is 0 Å². The summed E-state index contributed by atoms with van der Waals surface area (Å²) in [6.07, 6.45) is 4.84. The number of benzene rings is 1. The minimum absolute atomic E-state index is 0.134. The zero-order valence-corrected chi connectivity index (χ0v) is 11.9. The van der Waals surface area contributed by atoms with Crippen molar-refractivity contribution in [2.45, 2.75) is 32.6 Å². The maximum Gasteiger partial charge on any atom is 0.272 e. The number of nitrogens with zero attached hydrogens (tertiary/aromatic N) is 1. The van der Waals surface area contributed by atoms with Crippen molar-refractivity contribution in [2.75, 3.05) is 13.2 Å². The first-order valence-corrected chi connectivity index (χ1v) is 7.19.